The summed E-state index contributed by atoms with van der Waals surface area (Å²) in [7, 11) is 0. The van der Waals surface area contributed by atoms with Gasteiger partial charge in [-0.15, -0.1) is 0 Å². The number of aromatic nitrogens is 5. The molecule has 226 valence electrons. The van der Waals surface area contributed by atoms with Crippen LogP contribution in [-0.4, -0.2) is 64.9 Å². The molecule has 1 fully saturated rings. The Balaban J connectivity index is 0.000000134. The van der Waals surface area contributed by atoms with E-state index in [9.17, 15) is 10.2 Å². The van der Waals surface area contributed by atoms with Crippen LogP contribution in [0.25, 0.3) is 22.5 Å². The number of aliphatic hydroxyl groups excluding tert-OH is 2. The Morgan fingerprint density at radius 1 is 0.844 bits per heavy atom. The maximum absolute atomic E-state index is 10.9. The third kappa shape index (κ3) is 4.52. The van der Waals surface area contributed by atoms with E-state index in [0.29, 0.717) is 6.54 Å². The van der Waals surface area contributed by atoms with E-state index in [1.54, 1.807) is 0 Å². The molecule has 6 heterocycles. The number of nitrogens with zero attached hydrogens (tertiary/aromatic N) is 7. The molecule has 2 aromatic carbocycles. The number of likely N-dealkylation sites (tertiary alicyclic amines) is 1. The van der Waals surface area contributed by atoms with Gasteiger partial charge < -0.3 is 19.3 Å². The largest absolute Gasteiger partial charge is 0.393 e. The van der Waals surface area contributed by atoms with E-state index in [0.717, 1.165) is 48.6 Å². The first-order chi connectivity index (χ1) is 22.0. The quantitative estimate of drug-likeness (QED) is 0.289. The molecule has 3 aromatic heterocycles. The minimum absolute atomic E-state index is 0.0821. The molecule has 0 spiro atoms. The Hall–Kier alpha value is -4.62. The SMILES string of the molecule is Cc1cc2c(cn1)C(O)C(C1c3ccccc3-c3cncn31)C2.N#CCN1CCC(O)C(C2c3ccccc3-c3cncn32)C1. The molecule has 4 aliphatic rings. The number of aryl methyl sites for hydroxylation is 1. The van der Waals surface area contributed by atoms with Crippen LogP contribution in [0, 0.1) is 30.1 Å². The van der Waals surface area contributed by atoms with Gasteiger partial charge in [-0.25, -0.2) is 9.97 Å². The number of benzene rings is 2. The molecule has 6 unspecified atom stereocenters. The molecule has 5 aromatic rings. The molecule has 0 radical (unpaired) electrons. The second kappa shape index (κ2) is 11.1. The van der Waals surface area contributed by atoms with Gasteiger partial charge in [0.25, 0.3) is 0 Å². The highest BCUT2D eigenvalue weighted by Crippen LogP contribution is 2.50. The number of fused-ring (bicyclic) bond motifs is 7. The first kappa shape index (κ1) is 27.9. The molecule has 45 heavy (non-hydrogen) atoms. The topological polar surface area (TPSA) is 116 Å². The van der Waals surface area contributed by atoms with Crippen molar-refractivity contribution < 1.29 is 10.2 Å². The van der Waals surface area contributed by atoms with Gasteiger partial charge in [0.1, 0.15) is 0 Å². The molecule has 0 bridgehead atoms. The summed E-state index contributed by atoms with van der Waals surface area (Å²) in [5, 5.41) is 30.4. The fourth-order valence-corrected chi connectivity index (χ4v) is 8.16. The van der Waals surface area contributed by atoms with E-state index in [1.165, 1.54) is 27.8 Å². The normalized spacial score (nSPS) is 25.7. The maximum Gasteiger partial charge on any atom is 0.0956 e. The van der Waals surface area contributed by atoms with Crippen LogP contribution < -0.4 is 0 Å². The average Bonchev–Trinajstić information content (AvgIpc) is 3.86. The van der Waals surface area contributed by atoms with Crippen molar-refractivity contribution in [3.05, 3.63) is 114 Å². The summed E-state index contributed by atoms with van der Waals surface area (Å²) < 4.78 is 4.39. The zero-order chi connectivity index (χ0) is 30.7. The number of piperidine rings is 1. The fourth-order valence-electron chi connectivity index (χ4n) is 8.16. The van der Waals surface area contributed by atoms with Gasteiger partial charge in [0.2, 0.25) is 0 Å². The fraction of sp³-hybridized carbons (Fsp3) is 0.333. The first-order valence-electron chi connectivity index (χ1n) is 15.7. The predicted octanol–water partition coefficient (Wildman–Crippen LogP) is 4.72. The minimum atomic E-state index is -0.482. The standard InChI is InChI=1S/C19H17N3O.C17H18N4O/c1-11-6-12-7-15(19(23)16(12)8-21-11)18-14-5-3-2-4-13(14)17-9-20-10-22(17)18;18-6-8-20-7-5-16(22)14(10-20)17-13-4-2-1-3-12(13)15-9-19-11-21(15)17/h2-6,8-10,15,18-19,23H,7H2,1H3;1-4,9,11,14,16-17,22H,5,7-8,10H2. The lowest BCUT2D eigenvalue weighted by molar-refractivity contribution is 0.0149. The van der Waals surface area contributed by atoms with Crippen molar-refractivity contribution in [3.63, 3.8) is 0 Å². The minimum Gasteiger partial charge on any atom is -0.393 e. The van der Waals surface area contributed by atoms with Gasteiger partial charge in [-0.05, 0) is 42.5 Å². The predicted molar refractivity (Wildman–Crippen MR) is 169 cm³/mol. The van der Waals surface area contributed by atoms with Gasteiger partial charge in [0, 0.05) is 53.5 Å². The van der Waals surface area contributed by atoms with Crippen molar-refractivity contribution in [3.8, 4) is 28.6 Å². The summed E-state index contributed by atoms with van der Waals surface area (Å²) in [6.45, 7) is 3.95. The first-order valence-corrected chi connectivity index (χ1v) is 15.7. The van der Waals surface area contributed by atoms with Crippen LogP contribution in [0.4, 0.5) is 0 Å². The maximum atomic E-state index is 10.9. The summed E-state index contributed by atoms with van der Waals surface area (Å²) in [5.74, 6) is 0.198. The molecule has 3 aliphatic heterocycles. The van der Waals surface area contributed by atoms with Crippen LogP contribution >= 0.6 is 0 Å². The molecule has 9 heteroatoms. The average molecular weight is 598 g/mol. The van der Waals surface area contributed by atoms with E-state index < -0.39 is 6.10 Å². The van der Waals surface area contributed by atoms with Crippen LogP contribution in [0.1, 0.15) is 52.6 Å². The number of hydrogen-bond acceptors (Lipinski definition) is 7. The van der Waals surface area contributed by atoms with Crippen LogP contribution in [0.2, 0.25) is 0 Å². The van der Waals surface area contributed by atoms with Gasteiger partial charge in [0.15, 0.2) is 0 Å². The van der Waals surface area contributed by atoms with Crippen LogP contribution in [0.15, 0.2) is 85.8 Å². The van der Waals surface area contributed by atoms with E-state index in [-0.39, 0.29) is 30.0 Å². The van der Waals surface area contributed by atoms with Crippen molar-refractivity contribution in [2.24, 2.45) is 11.8 Å². The lowest BCUT2D eigenvalue weighted by Crippen LogP contribution is -2.46. The van der Waals surface area contributed by atoms with Crippen molar-refractivity contribution in [2.75, 3.05) is 19.6 Å². The Morgan fingerprint density at radius 2 is 1.47 bits per heavy atom. The number of nitriles is 1. The highest BCUT2D eigenvalue weighted by molar-refractivity contribution is 5.70. The lowest BCUT2D eigenvalue weighted by atomic mass is 9.84. The summed E-state index contributed by atoms with van der Waals surface area (Å²) in [6.07, 6.45) is 10.2. The van der Waals surface area contributed by atoms with E-state index in [4.69, 9.17) is 5.26 Å². The molecule has 1 aliphatic carbocycles. The van der Waals surface area contributed by atoms with Crippen molar-refractivity contribution in [1.29, 1.82) is 5.26 Å². The molecular weight excluding hydrogens is 562 g/mol. The van der Waals surface area contributed by atoms with E-state index in [1.807, 2.05) is 50.3 Å². The second-order valence-corrected chi connectivity index (χ2v) is 12.7. The van der Waals surface area contributed by atoms with Gasteiger partial charge in [-0.3, -0.25) is 9.88 Å². The van der Waals surface area contributed by atoms with Gasteiger partial charge in [0.05, 0.1) is 73.3 Å². The van der Waals surface area contributed by atoms with Crippen LogP contribution in [0.5, 0.6) is 0 Å². The second-order valence-electron chi connectivity index (χ2n) is 12.7. The Kier molecular flexibility index (Phi) is 6.86. The van der Waals surface area contributed by atoms with Crippen molar-refractivity contribution in [1.82, 2.24) is 29.0 Å². The number of rotatable bonds is 3. The monoisotopic (exact) mass is 597 g/mol. The van der Waals surface area contributed by atoms with Crippen molar-refractivity contribution in [2.45, 2.75) is 44.1 Å². The molecule has 0 saturated carbocycles. The highest BCUT2D eigenvalue weighted by Gasteiger charge is 2.43. The molecular formula is C36H35N7O2. The van der Waals surface area contributed by atoms with Gasteiger partial charge in [-0.2, -0.15) is 5.26 Å². The molecule has 6 atom stereocenters. The zero-order valence-electron chi connectivity index (χ0n) is 25.1. The van der Waals surface area contributed by atoms with Gasteiger partial charge >= 0.3 is 0 Å². The van der Waals surface area contributed by atoms with Crippen LogP contribution in [-0.2, 0) is 6.42 Å². The third-order valence-corrected chi connectivity index (χ3v) is 10.2. The summed E-state index contributed by atoms with van der Waals surface area (Å²) >= 11 is 0. The Bertz CT molecular complexity index is 1920. The molecule has 1 saturated heterocycles. The molecule has 0 amide bonds. The summed E-state index contributed by atoms with van der Waals surface area (Å²) in [4.78, 5) is 15.1. The molecule has 2 N–H and O–H groups in total. The van der Waals surface area contributed by atoms with E-state index in [2.05, 4.69) is 77.5 Å². The summed E-state index contributed by atoms with van der Waals surface area (Å²) in [6, 6.07) is 21.4. The highest BCUT2D eigenvalue weighted by atomic mass is 16.3. The number of hydrogen-bond donors (Lipinski definition) is 2. The lowest BCUT2D eigenvalue weighted by Gasteiger charge is -2.38. The summed E-state index contributed by atoms with van der Waals surface area (Å²) in [5.41, 5.74) is 10.4. The van der Waals surface area contributed by atoms with Crippen LogP contribution in [0.3, 0.4) is 0 Å². The van der Waals surface area contributed by atoms with Gasteiger partial charge in [-0.1, -0.05) is 48.5 Å². The number of aliphatic hydroxyl groups is 2. The Morgan fingerprint density at radius 3 is 2.11 bits per heavy atom. The van der Waals surface area contributed by atoms with Crippen molar-refractivity contribution >= 4 is 0 Å². The number of pyridine rings is 1. The Labute approximate surface area is 262 Å². The molecule has 9 rings (SSSR count). The van der Waals surface area contributed by atoms with E-state index >= 15 is 0 Å². The smallest absolute Gasteiger partial charge is 0.0956 e. The number of imidazole rings is 2. The third-order valence-electron chi connectivity index (χ3n) is 10.2. The molecule has 9 nitrogen and oxygen atoms in total. The zero-order valence-corrected chi connectivity index (χ0v) is 25.1.